The van der Waals surface area contributed by atoms with Gasteiger partial charge in [-0.1, -0.05) is 23.8 Å². The maximum atomic E-state index is 13.0. The summed E-state index contributed by atoms with van der Waals surface area (Å²) in [6.07, 6.45) is 2.54. The van der Waals surface area contributed by atoms with Crippen LogP contribution in [0.1, 0.15) is 63.6 Å². The molecule has 3 heterocycles. The van der Waals surface area contributed by atoms with Gasteiger partial charge in [-0.05, 0) is 72.5 Å². The van der Waals surface area contributed by atoms with E-state index in [1.165, 1.54) is 5.56 Å². The van der Waals surface area contributed by atoms with Crippen LogP contribution in [0, 0.1) is 17.4 Å². The molecule has 1 atom stereocenters. The molecule has 3 aromatic rings. The lowest BCUT2D eigenvalue weighted by Gasteiger charge is -2.31. The van der Waals surface area contributed by atoms with E-state index in [4.69, 9.17) is 18.6 Å². The minimum Gasteiger partial charge on any atom is -0.382 e. The molecule has 0 saturated carbocycles. The Morgan fingerprint density at radius 3 is 2.56 bits per heavy atom. The van der Waals surface area contributed by atoms with E-state index in [9.17, 15) is 13.2 Å². The van der Waals surface area contributed by atoms with E-state index in [0.29, 0.717) is 17.7 Å². The Balaban J connectivity index is 1.20. The van der Waals surface area contributed by atoms with Gasteiger partial charge in [0.15, 0.2) is 0 Å². The van der Waals surface area contributed by atoms with Gasteiger partial charge in [0, 0.05) is 39.1 Å². The van der Waals surface area contributed by atoms with Crippen LogP contribution in [0.25, 0.3) is 0 Å². The van der Waals surface area contributed by atoms with Crippen molar-refractivity contribution in [3.63, 3.8) is 0 Å². The second-order valence-corrected chi connectivity index (χ2v) is 13.7. The summed E-state index contributed by atoms with van der Waals surface area (Å²) in [5.41, 5.74) is 5.65. The van der Waals surface area contributed by atoms with Gasteiger partial charge in [0.2, 0.25) is 12.2 Å². The number of likely N-dealkylation sites (tertiary alicyclic amines) is 1. The molecule has 1 aromatic heterocycles. The molecule has 0 radical (unpaired) electrons. The Hall–Kier alpha value is -2.06. The van der Waals surface area contributed by atoms with Crippen molar-refractivity contribution in [2.45, 2.75) is 58.5 Å². The minimum absolute atomic E-state index is 0.148. The number of nitrogens with zero attached hydrogens (tertiary/aromatic N) is 2. The molecule has 208 valence electrons. The number of rotatable bonds is 6. The van der Waals surface area contributed by atoms with Gasteiger partial charge in [-0.2, -0.15) is 8.42 Å². The minimum atomic E-state index is -3.67. The van der Waals surface area contributed by atoms with Crippen molar-refractivity contribution in [3.8, 4) is 5.75 Å². The maximum Gasteiger partial charge on any atom is 0.306 e. The molecule has 2 aromatic carbocycles. The first kappa shape index (κ1) is 28.5. The highest BCUT2D eigenvalue weighted by atomic mass is 127. The van der Waals surface area contributed by atoms with E-state index in [0.717, 1.165) is 57.5 Å². The van der Waals surface area contributed by atoms with Crippen molar-refractivity contribution in [1.82, 2.24) is 9.88 Å². The Morgan fingerprint density at radius 1 is 1.13 bits per heavy atom. The topological polar surface area (TPSA) is 95.0 Å². The maximum absolute atomic E-state index is 13.0. The van der Waals surface area contributed by atoms with Gasteiger partial charge in [0.05, 0.1) is 30.9 Å². The first-order valence-corrected chi connectivity index (χ1v) is 16.6. The predicted molar refractivity (Wildman–Crippen MR) is 157 cm³/mol. The molecule has 0 aliphatic carbocycles. The average molecular weight is 683 g/mol. The summed E-state index contributed by atoms with van der Waals surface area (Å²) in [5, 5.41) is 2.99. The number of halogens is 1. The molecule has 8 nitrogen and oxygen atoms in total. The van der Waals surface area contributed by atoms with Crippen molar-refractivity contribution in [2.75, 3.05) is 19.3 Å². The number of amides is 1. The highest BCUT2D eigenvalue weighted by molar-refractivity contribution is 14.1. The number of aromatic nitrogens is 1. The molecule has 1 saturated heterocycles. The fourth-order valence-electron chi connectivity index (χ4n) is 4.97. The molecule has 0 N–H and O–H groups in total. The molecule has 0 spiro atoms. The van der Waals surface area contributed by atoms with Gasteiger partial charge in [-0.3, -0.25) is 4.79 Å². The van der Waals surface area contributed by atoms with Gasteiger partial charge in [-0.25, -0.2) is 4.98 Å². The summed E-state index contributed by atoms with van der Waals surface area (Å²) in [6.45, 7) is 5.95. The van der Waals surface area contributed by atoms with Gasteiger partial charge in [0.1, 0.15) is 11.4 Å². The first-order chi connectivity index (χ1) is 18.6. The molecule has 2 aliphatic heterocycles. The van der Waals surface area contributed by atoms with Crippen LogP contribution in [0.15, 0.2) is 35.7 Å². The average Bonchev–Trinajstić information content (AvgIpc) is 3.27. The third-order valence-electron chi connectivity index (χ3n) is 7.15. The zero-order chi connectivity index (χ0) is 27.7. The van der Waals surface area contributed by atoms with Crippen LogP contribution < -0.4 is 4.18 Å². The standard InChI is InChI=1S/C28H31IN2O6S2/c1-17-4-5-18(2)20(12-17)13-26(32)31-10-8-19(9-11-31)27-30-24(16-38-27)28-35-14-21-22(15-36-28)25(7-6-23(21)29)37-39(3,33)34/h4-7,12,16,19,28H,8-11,13-15H2,1-3H3. The molecule has 11 heteroatoms. The van der Waals surface area contributed by atoms with Crippen LogP contribution in [0.2, 0.25) is 0 Å². The number of hydrogen-bond donors (Lipinski definition) is 0. The largest absolute Gasteiger partial charge is 0.382 e. The second-order valence-electron chi connectivity index (χ2n) is 10.1. The Kier molecular flexibility index (Phi) is 8.62. The number of fused-ring (bicyclic) bond motifs is 1. The number of hydrogen-bond acceptors (Lipinski definition) is 8. The number of ether oxygens (including phenoxy) is 2. The van der Waals surface area contributed by atoms with Crippen LogP contribution in [-0.4, -0.2) is 43.6 Å². The van der Waals surface area contributed by atoms with Gasteiger partial charge >= 0.3 is 10.1 Å². The van der Waals surface area contributed by atoms with Crippen molar-refractivity contribution >= 4 is 50.0 Å². The van der Waals surface area contributed by atoms with Crippen LogP contribution >= 0.6 is 33.9 Å². The van der Waals surface area contributed by atoms with Crippen molar-refractivity contribution in [2.24, 2.45) is 0 Å². The highest BCUT2D eigenvalue weighted by Crippen LogP contribution is 2.37. The van der Waals surface area contributed by atoms with E-state index in [2.05, 4.69) is 54.6 Å². The van der Waals surface area contributed by atoms with Crippen molar-refractivity contribution < 1.29 is 26.9 Å². The van der Waals surface area contributed by atoms with Crippen LogP contribution in [-0.2, 0) is 44.0 Å². The van der Waals surface area contributed by atoms with Gasteiger partial charge < -0.3 is 18.6 Å². The number of aryl methyl sites for hydroxylation is 2. The summed E-state index contributed by atoms with van der Waals surface area (Å²) in [5.74, 6) is 0.720. The first-order valence-electron chi connectivity index (χ1n) is 12.8. The Labute approximate surface area is 246 Å². The quantitative estimate of drug-likeness (QED) is 0.254. The van der Waals surface area contributed by atoms with Crippen LogP contribution in [0.5, 0.6) is 5.75 Å². The molecule has 0 bridgehead atoms. The van der Waals surface area contributed by atoms with Crippen molar-refractivity contribution in [1.29, 1.82) is 0 Å². The molecule has 1 unspecified atom stereocenters. The zero-order valence-electron chi connectivity index (χ0n) is 22.1. The van der Waals surface area contributed by atoms with E-state index < -0.39 is 16.4 Å². The SMILES string of the molecule is Cc1ccc(C)c(CC(=O)N2CCC(c3nc(C4OCc5c(I)ccc(OS(C)(=O)=O)c5CO4)cs3)CC2)c1. The Bertz CT molecular complexity index is 1480. The number of piperidine rings is 1. The number of thiazole rings is 1. The van der Waals surface area contributed by atoms with Crippen LogP contribution in [0.4, 0.5) is 0 Å². The lowest BCUT2D eigenvalue weighted by Crippen LogP contribution is -2.38. The summed E-state index contributed by atoms with van der Waals surface area (Å²) >= 11 is 3.79. The normalized spacial score (nSPS) is 18.5. The van der Waals surface area contributed by atoms with Gasteiger partial charge in [0.25, 0.3) is 0 Å². The smallest absolute Gasteiger partial charge is 0.306 e. The summed E-state index contributed by atoms with van der Waals surface area (Å²) in [4.78, 5) is 19.8. The molecule has 5 rings (SSSR count). The van der Waals surface area contributed by atoms with Crippen LogP contribution in [0.3, 0.4) is 0 Å². The van der Waals surface area contributed by atoms with E-state index in [1.807, 2.05) is 16.3 Å². The molecule has 1 fully saturated rings. The molecule has 2 aliphatic rings. The predicted octanol–water partition coefficient (Wildman–Crippen LogP) is 5.40. The number of carbonyl (C=O) groups is 1. The highest BCUT2D eigenvalue weighted by Gasteiger charge is 2.29. The number of benzene rings is 2. The second kappa shape index (κ2) is 11.8. The molecule has 39 heavy (non-hydrogen) atoms. The zero-order valence-corrected chi connectivity index (χ0v) is 25.9. The summed E-state index contributed by atoms with van der Waals surface area (Å²) in [6, 6.07) is 9.71. The van der Waals surface area contributed by atoms with Gasteiger partial charge in [-0.15, -0.1) is 11.3 Å². The fourth-order valence-corrected chi connectivity index (χ4v) is 7.11. The third kappa shape index (κ3) is 6.82. The lowest BCUT2D eigenvalue weighted by molar-refractivity contribution is -0.155. The van der Waals surface area contributed by atoms with E-state index >= 15 is 0 Å². The lowest BCUT2D eigenvalue weighted by atomic mass is 9.96. The van der Waals surface area contributed by atoms with E-state index in [1.54, 1.807) is 17.4 Å². The molecule has 1 amide bonds. The monoisotopic (exact) mass is 682 g/mol. The van der Waals surface area contributed by atoms with Crippen molar-refractivity contribution in [3.05, 3.63) is 77.8 Å². The summed E-state index contributed by atoms with van der Waals surface area (Å²) in [7, 11) is -3.67. The van der Waals surface area contributed by atoms with E-state index in [-0.39, 0.29) is 30.8 Å². The molecular weight excluding hydrogens is 651 g/mol. The number of carbonyl (C=O) groups excluding carboxylic acids is 1. The summed E-state index contributed by atoms with van der Waals surface area (Å²) < 4.78 is 41.7. The Morgan fingerprint density at radius 2 is 1.85 bits per heavy atom. The third-order valence-corrected chi connectivity index (χ3v) is 9.67. The molecular formula is C28H31IN2O6S2. The fraction of sp³-hybridized carbons (Fsp3) is 0.429.